The Balaban J connectivity index is 1.65. The molecule has 0 aliphatic heterocycles. The third-order valence-electron chi connectivity index (χ3n) is 11.4. The number of sulfonamides is 1. The number of hydrogen-bond acceptors (Lipinski definition) is 10. The van der Waals surface area contributed by atoms with E-state index in [9.17, 15) is 75.9 Å². The highest BCUT2D eigenvalue weighted by molar-refractivity contribution is 14.1. The van der Waals surface area contributed by atoms with E-state index in [1.165, 1.54) is 36.4 Å². The first-order chi connectivity index (χ1) is 33.7. The van der Waals surface area contributed by atoms with Crippen LogP contribution in [0.1, 0.15) is 64.6 Å². The molecule has 17 nitrogen and oxygen atoms in total. The lowest BCUT2D eigenvalue weighted by Crippen LogP contribution is -2.44. The quantitative estimate of drug-likeness (QED) is 0.0273. The van der Waals surface area contributed by atoms with Crippen molar-refractivity contribution >= 4 is 90.3 Å². The van der Waals surface area contributed by atoms with Gasteiger partial charge in [0.25, 0.3) is 5.92 Å². The van der Waals surface area contributed by atoms with Crippen LogP contribution in [0.15, 0.2) is 42.5 Å². The van der Waals surface area contributed by atoms with Crippen LogP contribution in [0.25, 0.3) is 22.0 Å². The Morgan fingerprint density at radius 2 is 1.58 bits per heavy atom. The number of alkyl halides is 9. The van der Waals surface area contributed by atoms with Crippen molar-refractivity contribution in [3.63, 3.8) is 0 Å². The topological polar surface area (TPSA) is 236 Å². The normalized spacial score (nSPS) is 16.6. The number of urea groups is 1. The molecule has 0 unspecified atom stereocenters. The van der Waals surface area contributed by atoms with E-state index < -0.39 is 172 Å². The molecule has 1 aliphatic rings. The number of carbonyl (C=O) groups excluding carboxylic acids is 2. The van der Waals surface area contributed by atoms with Crippen LogP contribution < -0.4 is 14.9 Å². The molecular formula is C42H39ClF10IN8O9PS2. The van der Waals surface area contributed by atoms with Crippen molar-refractivity contribution in [3.8, 4) is 23.0 Å². The van der Waals surface area contributed by atoms with Gasteiger partial charge in [0.1, 0.15) is 40.9 Å². The number of fused-ring (bicyclic) bond motifs is 2. The maximum Gasteiger partial charge on any atom is 0.435 e. The molecule has 6 rings (SSSR count). The fraction of sp³-hybridized carbons (Fsp3) is 0.405. The van der Waals surface area contributed by atoms with E-state index in [0.717, 1.165) is 49.6 Å². The summed E-state index contributed by atoms with van der Waals surface area (Å²) in [6, 6.07) is 2.71. The number of amides is 3. The summed E-state index contributed by atoms with van der Waals surface area (Å²) >= 11 is 7.97. The number of nitrogens with one attached hydrogen (secondary N) is 2. The first-order valence-electron chi connectivity index (χ1n) is 21.0. The molecular weight excluding hydrogens is 1210 g/mol. The lowest BCUT2D eigenvalue weighted by atomic mass is 9.93. The van der Waals surface area contributed by atoms with Crippen molar-refractivity contribution < 1.29 is 84.7 Å². The van der Waals surface area contributed by atoms with Crippen LogP contribution in [0.2, 0.25) is 5.02 Å². The van der Waals surface area contributed by atoms with Crippen LogP contribution in [0, 0.1) is 29.4 Å². The van der Waals surface area contributed by atoms with Crippen LogP contribution in [0.3, 0.4) is 0 Å². The van der Waals surface area contributed by atoms with Gasteiger partial charge < -0.3 is 20.4 Å². The predicted octanol–water partition coefficient (Wildman–Crippen LogP) is 7.95. The summed E-state index contributed by atoms with van der Waals surface area (Å²) in [4.78, 5) is 50.8. The van der Waals surface area contributed by atoms with Crippen LogP contribution >= 0.6 is 41.8 Å². The summed E-state index contributed by atoms with van der Waals surface area (Å²) in [6.07, 6.45) is -11.0. The lowest BCUT2D eigenvalue weighted by molar-refractivity contribution is -0.143. The number of sulfone groups is 1. The van der Waals surface area contributed by atoms with E-state index in [1.54, 1.807) is 0 Å². The van der Waals surface area contributed by atoms with Crippen LogP contribution in [-0.4, -0.2) is 99.2 Å². The minimum Gasteiger partial charge on any atom is -0.346 e. The molecule has 0 bridgehead atoms. The first kappa shape index (κ1) is 58.2. The standard InChI is InChI=1S/C42H39ClF10IN8O9PS2/c1-20-32(54)31-35(42(51,52)53)58-60(36(31)41(20,49)50)18-29(63)57-28(16-21-14-22(44)17-23(45)15-21)33-25(7-6-24(56-33)10-11-39(2,3)73(4,68)69)26-8-9-27(43)30-34(26)61(19-40(46,47)48)59-37(30)62(74(5,70)71)38(64)55-12-13-72(65,66)67/h6-9,14-15,17,20,28,32H,12-13,16,18-19H2,1-5H3,(H,55,64)(H,57,63)(H2,65,66,67)/t20-,28+,32+/m1/s1. The second-order valence-electron chi connectivity index (χ2n) is 17.4. The molecule has 3 atom stereocenters. The van der Waals surface area contributed by atoms with E-state index in [4.69, 9.17) is 11.6 Å². The second-order valence-corrected chi connectivity index (χ2v) is 25.3. The number of benzene rings is 2. The number of nitrogens with zero attached hydrogens (tertiary/aromatic N) is 6. The molecule has 0 spiro atoms. The highest BCUT2D eigenvalue weighted by Crippen LogP contribution is 2.58. The molecule has 3 aromatic heterocycles. The van der Waals surface area contributed by atoms with Gasteiger partial charge in [-0.3, -0.25) is 18.7 Å². The molecule has 74 heavy (non-hydrogen) atoms. The molecule has 4 N–H and O–H groups in total. The van der Waals surface area contributed by atoms with Crippen molar-refractivity contribution in [2.75, 3.05) is 29.5 Å². The van der Waals surface area contributed by atoms with Gasteiger partial charge in [0.2, 0.25) is 15.9 Å². The number of aromatic nitrogens is 5. The zero-order chi connectivity index (χ0) is 55.6. The Morgan fingerprint density at radius 1 is 0.973 bits per heavy atom. The number of hydrogen-bond donors (Lipinski definition) is 4. The molecule has 0 saturated carbocycles. The predicted molar refractivity (Wildman–Crippen MR) is 255 cm³/mol. The maximum atomic E-state index is 15.8. The molecule has 32 heteroatoms. The highest BCUT2D eigenvalue weighted by Gasteiger charge is 2.58. The fourth-order valence-electron chi connectivity index (χ4n) is 7.65. The Morgan fingerprint density at radius 3 is 2.14 bits per heavy atom. The van der Waals surface area contributed by atoms with Crippen LogP contribution in [-0.2, 0) is 60.8 Å². The number of anilines is 1. The van der Waals surface area contributed by atoms with Gasteiger partial charge >= 0.3 is 26.0 Å². The molecule has 3 heterocycles. The maximum absolute atomic E-state index is 15.8. The Hall–Kier alpha value is -5.06. The zero-order valence-electron chi connectivity index (χ0n) is 38.5. The number of rotatable bonds is 14. The van der Waals surface area contributed by atoms with Gasteiger partial charge in [-0.1, -0.05) is 53.1 Å². The van der Waals surface area contributed by atoms with Crippen molar-refractivity contribution in [3.05, 3.63) is 93.0 Å². The summed E-state index contributed by atoms with van der Waals surface area (Å²) in [5.74, 6) is -5.50. The van der Waals surface area contributed by atoms with Gasteiger partial charge in [-0.05, 0) is 62.1 Å². The van der Waals surface area contributed by atoms with Crippen molar-refractivity contribution in [1.29, 1.82) is 0 Å². The van der Waals surface area contributed by atoms with Crippen molar-refractivity contribution in [1.82, 2.24) is 35.2 Å². The fourth-order valence-corrected chi connectivity index (χ4v) is 10.4. The molecule has 2 aromatic carbocycles. The van der Waals surface area contributed by atoms with Crippen molar-refractivity contribution in [2.24, 2.45) is 5.92 Å². The largest absolute Gasteiger partial charge is 0.435 e. The first-order valence-corrected chi connectivity index (χ1v) is 28.1. The third-order valence-corrected chi connectivity index (χ3v) is 17.1. The monoisotopic (exact) mass is 1250 g/mol. The van der Waals surface area contributed by atoms with Crippen LogP contribution in [0.5, 0.6) is 0 Å². The number of halogens is 12. The van der Waals surface area contributed by atoms with Gasteiger partial charge in [-0.25, -0.2) is 35.4 Å². The zero-order valence-corrected chi connectivity index (χ0v) is 44.0. The third kappa shape index (κ3) is 12.6. The minimum absolute atomic E-state index is 0.138. The van der Waals surface area contributed by atoms with E-state index in [2.05, 4.69) is 32.3 Å². The number of pyridine rings is 1. The Kier molecular flexibility index (Phi) is 16.1. The van der Waals surface area contributed by atoms with E-state index in [1.807, 2.05) is 5.32 Å². The Bertz CT molecular complexity index is 3410. The summed E-state index contributed by atoms with van der Waals surface area (Å²) in [5, 5.41) is 10.2. The van der Waals surface area contributed by atoms with Crippen molar-refractivity contribution in [2.45, 2.75) is 73.3 Å². The summed E-state index contributed by atoms with van der Waals surface area (Å²) in [7, 11) is -13.7. The molecule has 0 saturated heterocycles. The SMILES string of the molecule is C[C@@H]1[C@H](I)c2c(C(F)(F)F)nn(CC(=O)N[C@@H](Cc3cc(F)cc(F)c3)c3nc(C#CC(C)(C)S(C)(=O)=O)ccc3-c3ccc(Cl)c4c(N(C(=O)NCCP(=O)(O)O)S(C)(=O)=O)nn(CC(F)(F)F)c34)c2C1(F)F. The molecule has 402 valence electrons. The second kappa shape index (κ2) is 20.5. The smallest absolute Gasteiger partial charge is 0.346 e. The van der Waals surface area contributed by atoms with Gasteiger partial charge in [0.05, 0.1) is 40.1 Å². The molecule has 0 fully saturated rings. The van der Waals surface area contributed by atoms with Gasteiger partial charge in [-0.15, -0.1) is 0 Å². The average Bonchev–Trinajstić information content (AvgIpc) is 3.84. The van der Waals surface area contributed by atoms with Crippen LogP contribution in [0.4, 0.5) is 54.5 Å². The summed E-state index contributed by atoms with van der Waals surface area (Å²) in [5.41, 5.74) is -6.54. The van der Waals surface area contributed by atoms with E-state index in [0.29, 0.717) is 12.3 Å². The Labute approximate surface area is 432 Å². The lowest BCUT2D eigenvalue weighted by Gasteiger charge is -2.24. The summed E-state index contributed by atoms with van der Waals surface area (Å²) in [6.45, 7) is -0.880. The minimum atomic E-state index is -5.29. The molecule has 3 amide bonds. The molecule has 5 aromatic rings. The average molecular weight is 1250 g/mol. The van der Waals surface area contributed by atoms with E-state index >= 15 is 8.78 Å². The van der Waals surface area contributed by atoms with Gasteiger partial charge in [-0.2, -0.15) is 49.6 Å². The summed E-state index contributed by atoms with van der Waals surface area (Å²) < 4.78 is 208. The van der Waals surface area contributed by atoms with Gasteiger partial charge in [0, 0.05) is 45.4 Å². The molecule has 1 aliphatic carbocycles. The molecule has 0 radical (unpaired) electrons. The van der Waals surface area contributed by atoms with Gasteiger partial charge in [0.15, 0.2) is 21.3 Å². The number of carbonyl (C=O) groups is 2. The highest BCUT2D eigenvalue weighted by atomic mass is 127. The van der Waals surface area contributed by atoms with E-state index in [-0.39, 0.29) is 30.5 Å².